The van der Waals surface area contributed by atoms with Crippen LogP contribution >= 0.6 is 0 Å². The van der Waals surface area contributed by atoms with Gasteiger partial charge >= 0.3 is 0 Å². The molecule has 0 bridgehead atoms. The van der Waals surface area contributed by atoms with E-state index in [2.05, 4.69) is 0 Å². The molecule has 0 spiro atoms. The number of benzene rings is 2. The molecule has 0 saturated carbocycles. The molecule has 1 N–H and O–H groups in total. The molecule has 19 heavy (non-hydrogen) atoms. The molecule has 0 aliphatic rings. The van der Waals surface area contributed by atoms with Gasteiger partial charge in [0.15, 0.2) is 0 Å². The minimum atomic E-state index is -0.370. The summed E-state index contributed by atoms with van der Waals surface area (Å²) in [5.41, 5.74) is 1.65. The van der Waals surface area contributed by atoms with Crippen molar-refractivity contribution in [2.24, 2.45) is 0 Å². The third-order valence-corrected chi connectivity index (χ3v) is 3.09. The van der Waals surface area contributed by atoms with E-state index in [1.165, 1.54) is 0 Å². The van der Waals surface area contributed by atoms with Crippen molar-refractivity contribution in [2.75, 3.05) is 0 Å². The average Bonchev–Trinajstić information content (AvgIpc) is 2.35. The van der Waals surface area contributed by atoms with Gasteiger partial charge in [0.1, 0.15) is 17.1 Å². The smallest absolute Gasteiger partial charge is 0.123 e. The lowest BCUT2D eigenvalue weighted by Crippen LogP contribution is -2.31. The van der Waals surface area contributed by atoms with Crippen molar-refractivity contribution in [3.05, 3.63) is 59.7 Å². The number of aromatic hydroxyl groups is 1. The fourth-order valence-corrected chi connectivity index (χ4v) is 2.12. The van der Waals surface area contributed by atoms with Crippen LogP contribution in [0.15, 0.2) is 48.5 Å². The highest BCUT2D eigenvalue weighted by molar-refractivity contribution is 5.35. The van der Waals surface area contributed by atoms with E-state index in [0.29, 0.717) is 12.2 Å². The van der Waals surface area contributed by atoms with Gasteiger partial charge in [0.25, 0.3) is 0 Å². The minimum Gasteiger partial charge on any atom is -0.508 e. The van der Waals surface area contributed by atoms with Gasteiger partial charge in [-0.25, -0.2) is 0 Å². The molecule has 2 aromatic carbocycles. The Hall–Kier alpha value is -1.96. The molecule has 0 aliphatic carbocycles. The number of para-hydroxylation sites is 2. The Bertz CT molecular complexity index is 509. The maximum atomic E-state index is 9.84. The van der Waals surface area contributed by atoms with Crippen molar-refractivity contribution in [3.8, 4) is 11.5 Å². The number of phenolic OH excluding ortho intramolecular Hbond substituents is 1. The van der Waals surface area contributed by atoms with Gasteiger partial charge in [-0.05, 0) is 44.0 Å². The number of aryl methyl sites for hydroxylation is 1. The maximum absolute atomic E-state index is 9.84. The lowest BCUT2D eigenvalue weighted by atomic mass is 9.97. The molecule has 0 saturated heterocycles. The van der Waals surface area contributed by atoms with Crippen LogP contribution in [0.25, 0.3) is 0 Å². The summed E-state index contributed by atoms with van der Waals surface area (Å²) < 4.78 is 6.08. The second-order valence-electron chi connectivity index (χ2n) is 5.43. The van der Waals surface area contributed by atoms with Crippen LogP contribution in [0.3, 0.4) is 0 Å². The van der Waals surface area contributed by atoms with E-state index in [1.807, 2.05) is 63.2 Å². The van der Waals surface area contributed by atoms with Crippen LogP contribution in [0.2, 0.25) is 0 Å². The summed E-state index contributed by atoms with van der Waals surface area (Å²) >= 11 is 0. The Kier molecular flexibility index (Phi) is 3.79. The van der Waals surface area contributed by atoms with Crippen molar-refractivity contribution in [1.82, 2.24) is 0 Å². The van der Waals surface area contributed by atoms with Crippen LogP contribution in [-0.4, -0.2) is 10.7 Å². The Balaban J connectivity index is 2.15. The van der Waals surface area contributed by atoms with Crippen LogP contribution in [0.5, 0.6) is 11.5 Å². The van der Waals surface area contributed by atoms with Crippen LogP contribution < -0.4 is 4.74 Å². The molecule has 0 heterocycles. The SMILES string of the molecule is Cc1ccccc1OC(C)(C)Cc1ccccc1O. The molecular formula is C17H20O2. The molecule has 0 aliphatic heterocycles. The normalized spacial score (nSPS) is 11.3. The third kappa shape index (κ3) is 3.50. The van der Waals surface area contributed by atoms with E-state index < -0.39 is 0 Å². The molecular weight excluding hydrogens is 236 g/mol. The molecule has 0 fully saturated rings. The lowest BCUT2D eigenvalue weighted by Gasteiger charge is -2.27. The summed E-state index contributed by atoms with van der Waals surface area (Å²) in [7, 11) is 0. The van der Waals surface area contributed by atoms with Gasteiger partial charge in [-0.1, -0.05) is 36.4 Å². The zero-order chi connectivity index (χ0) is 13.9. The lowest BCUT2D eigenvalue weighted by molar-refractivity contribution is 0.108. The standard InChI is InChI=1S/C17H20O2/c1-13-8-4-7-11-16(13)19-17(2,3)12-14-9-5-6-10-15(14)18/h4-11,18H,12H2,1-3H3. The van der Waals surface area contributed by atoms with Crippen LogP contribution in [0.1, 0.15) is 25.0 Å². The number of hydrogen-bond donors (Lipinski definition) is 1. The van der Waals surface area contributed by atoms with Gasteiger partial charge in [-0.15, -0.1) is 0 Å². The molecule has 2 nitrogen and oxygen atoms in total. The van der Waals surface area contributed by atoms with Crippen LogP contribution in [0.4, 0.5) is 0 Å². The number of phenols is 1. The molecule has 2 heteroatoms. The zero-order valence-electron chi connectivity index (χ0n) is 11.7. The third-order valence-electron chi connectivity index (χ3n) is 3.09. The number of ether oxygens (including phenoxy) is 1. The molecule has 0 aromatic heterocycles. The second kappa shape index (κ2) is 5.35. The average molecular weight is 256 g/mol. The van der Waals surface area contributed by atoms with E-state index in [4.69, 9.17) is 4.74 Å². The van der Waals surface area contributed by atoms with Crippen molar-refractivity contribution in [3.63, 3.8) is 0 Å². The minimum absolute atomic E-state index is 0.323. The van der Waals surface area contributed by atoms with Crippen molar-refractivity contribution >= 4 is 0 Å². The van der Waals surface area contributed by atoms with Gasteiger partial charge < -0.3 is 9.84 Å². The predicted molar refractivity (Wildman–Crippen MR) is 77.7 cm³/mol. The summed E-state index contributed by atoms with van der Waals surface area (Å²) in [6.45, 7) is 6.10. The van der Waals surface area contributed by atoms with Gasteiger partial charge in [0, 0.05) is 6.42 Å². The molecule has 0 unspecified atom stereocenters. The fourth-order valence-electron chi connectivity index (χ4n) is 2.12. The van der Waals surface area contributed by atoms with E-state index in [1.54, 1.807) is 6.07 Å². The first-order valence-electron chi connectivity index (χ1n) is 6.49. The Morgan fingerprint density at radius 1 is 1.00 bits per heavy atom. The summed E-state index contributed by atoms with van der Waals surface area (Å²) in [6.07, 6.45) is 0.661. The van der Waals surface area contributed by atoms with E-state index in [9.17, 15) is 5.11 Å². The van der Waals surface area contributed by atoms with Gasteiger partial charge in [0.05, 0.1) is 0 Å². The summed E-state index contributed by atoms with van der Waals surface area (Å²) in [4.78, 5) is 0. The highest BCUT2D eigenvalue weighted by Gasteiger charge is 2.22. The van der Waals surface area contributed by atoms with E-state index >= 15 is 0 Å². The maximum Gasteiger partial charge on any atom is 0.123 e. The first-order valence-corrected chi connectivity index (χ1v) is 6.49. The van der Waals surface area contributed by atoms with Gasteiger partial charge in [-0.3, -0.25) is 0 Å². The first kappa shape index (κ1) is 13.5. The number of rotatable bonds is 4. The second-order valence-corrected chi connectivity index (χ2v) is 5.43. The highest BCUT2D eigenvalue weighted by atomic mass is 16.5. The molecule has 2 aromatic rings. The van der Waals surface area contributed by atoms with Gasteiger partial charge in [0.2, 0.25) is 0 Å². The molecule has 100 valence electrons. The Morgan fingerprint density at radius 3 is 2.32 bits per heavy atom. The Morgan fingerprint density at radius 2 is 1.63 bits per heavy atom. The van der Waals surface area contributed by atoms with Gasteiger partial charge in [-0.2, -0.15) is 0 Å². The van der Waals surface area contributed by atoms with E-state index in [-0.39, 0.29) is 5.60 Å². The molecule has 0 radical (unpaired) electrons. The highest BCUT2D eigenvalue weighted by Crippen LogP contribution is 2.27. The first-order chi connectivity index (χ1) is 8.98. The molecule has 2 rings (SSSR count). The van der Waals surface area contributed by atoms with E-state index in [0.717, 1.165) is 16.9 Å². The molecule has 0 amide bonds. The largest absolute Gasteiger partial charge is 0.508 e. The summed E-state index contributed by atoms with van der Waals surface area (Å²) in [6, 6.07) is 15.4. The van der Waals surface area contributed by atoms with Crippen molar-refractivity contribution in [1.29, 1.82) is 0 Å². The summed E-state index contributed by atoms with van der Waals surface area (Å²) in [5.74, 6) is 1.21. The topological polar surface area (TPSA) is 29.5 Å². The summed E-state index contributed by atoms with van der Waals surface area (Å²) in [5, 5.41) is 9.84. The quantitative estimate of drug-likeness (QED) is 0.892. The van der Waals surface area contributed by atoms with Crippen molar-refractivity contribution < 1.29 is 9.84 Å². The molecule has 0 atom stereocenters. The fraction of sp³-hybridized carbons (Fsp3) is 0.294. The predicted octanol–water partition coefficient (Wildman–Crippen LogP) is 4.10. The van der Waals surface area contributed by atoms with Crippen molar-refractivity contribution in [2.45, 2.75) is 32.8 Å². The Labute approximate surface area is 114 Å². The van der Waals surface area contributed by atoms with Crippen LogP contribution in [-0.2, 0) is 6.42 Å². The monoisotopic (exact) mass is 256 g/mol. The zero-order valence-corrected chi connectivity index (χ0v) is 11.7. The number of hydrogen-bond acceptors (Lipinski definition) is 2. The van der Waals surface area contributed by atoms with Crippen LogP contribution in [0, 0.1) is 6.92 Å².